The van der Waals surface area contributed by atoms with Gasteiger partial charge >= 0.3 is 0 Å². The number of fused-ring (bicyclic) bond motifs is 1. The van der Waals surface area contributed by atoms with Crippen LogP contribution in [-0.4, -0.2) is 42.5 Å². The van der Waals surface area contributed by atoms with E-state index in [4.69, 9.17) is 9.47 Å². The molecule has 0 heterocycles. The quantitative estimate of drug-likeness (QED) is 0.388. The summed E-state index contributed by atoms with van der Waals surface area (Å²) in [6, 6.07) is 18.6. The summed E-state index contributed by atoms with van der Waals surface area (Å²) in [6.45, 7) is 5.81. The van der Waals surface area contributed by atoms with Gasteiger partial charge in [-0.3, -0.25) is 9.59 Å². The maximum atomic E-state index is 13.4. The highest BCUT2D eigenvalue weighted by molar-refractivity contribution is 9.10. The lowest BCUT2D eigenvalue weighted by Crippen LogP contribution is -2.51. The molecule has 0 saturated carbocycles. The Hall–Kier alpha value is -3.06. The molecule has 0 unspecified atom stereocenters. The summed E-state index contributed by atoms with van der Waals surface area (Å²) in [5, 5.41) is 5.01. The second kappa shape index (κ2) is 11.9. The minimum absolute atomic E-state index is 0.0238. The average molecular weight is 527 g/mol. The van der Waals surface area contributed by atoms with Crippen molar-refractivity contribution >= 4 is 38.5 Å². The van der Waals surface area contributed by atoms with Gasteiger partial charge in [-0.2, -0.15) is 0 Å². The normalized spacial score (nSPS) is 11.8. The monoisotopic (exact) mass is 526 g/mol. The molecule has 0 radical (unpaired) electrons. The van der Waals surface area contributed by atoms with Gasteiger partial charge in [-0.25, -0.2) is 0 Å². The summed E-state index contributed by atoms with van der Waals surface area (Å²) in [4.78, 5) is 27.9. The summed E-state index contributed by atoms with van der Waals surface area (Å²) in [5.74, 6) is 0.875. The van der Waals surface area contributed by atoms with Crippen LogP contribution in [0.1, 0.15) is 32.8 Å². The third kappa shape index (κ3) is 6.29. The lowest BCUT2D eigenvalue weighted by molar-refractivity contribution is -0.143. The van der Waals surface area contributed by atoms with Gasteiger partial charge in [0.1, 0.15) is 17.5 Å². The van der Waals surface area contributed by atoms with Gasteiger partial charge < -0.3 is 19.7 Å². The van der Waals surface area contributed by atoms with Crippen LogP contribution >= 0.6 is 15.9 Å². The molecule has 0 aliphatic heterocycles. The number of nitrogens with zero attached hydrogens (tertiary/aromatic N) is 1. The molecule has 3 rings (SSSR count). The van der Waals surface area contributed by atoms with Crippen molar-refractivity contribution < 1.29 is 19.1 Å². The fraction of sp³-hybridized carbons (Fsp3) is 0.333. The van der Waals surface area contributed by atoms with Gasteiger partial charge in [0.25, 0.3) is 5.91 Å². The minimum Gasteiger partial charge on any atom is -0.497 e. The molecular weight excluding hydrogens is 496 g/mol. The van der Waals surface area contributed by atoms with Crippen molar-refractivity contribution in [3.8, 4) is 11.5 Å². The fourth-order valence-corrected chi connectivity index (χ4v) is 4.38. The maximum Gasteiger partial charge on any atom is 0.261 e. The third-order valence-electron chi connectivity index (χ3n) is 5.51. The highest BCUT2D eigenvalue weighted by Gasteiger charge is 2.29. The Labute approximate surface area is 209 Å². The van der Waals surface area contributed by atoms with Gasteiger partial charge in [0.2, 0.25) is 5.91 Å². The van der Waals surface area contributed by atoms with E-state index in [1.54, 1.807) is 12.0 Å². The summed E-state index contributed by atoms with van der Waals surface area (Å²) in [6.07, 6.45) is 0.486. The molecular formula is C27H31BrN2O4. The molecule has 0 fully saturated rings. The first-order valence-electron chi connectivity index (χ1n) is 11.4. The van der Waals surface area contributed by atoms with Crippen LogP contribution in [0, 0.1) is 0 Å². The van der Waals surface area contributed by atoms with Crippen LogP contribution in [-0.2, 0) is 16.1 Å². The van der Waals surface area contributed by atoms with E-state index in [1.165, 1.54) is 0 Å². The molecule has 0 spiro atoms. The first-order chi connectivity index (χ1) is 16.3. The van der Waals surface area contributed by atoms with Crippen LogP contribution in [0.25, 0.3) is 10.8 Å². The molecule has 2 amide bonds. The van der Waals surface area contributed by atoms with Crippen molar-refractivity contribution in [3.05, 3.63) is 70.7 Å². The van der Waals surface area contributed by atoms with Gasteiger partial charge in [-0.15, -0.1) is 0 Å². The molecule has 0 aromatic heterocycles. The molecule has 180 valence electrons. The SMILES string of the molecule is CC[C@H](C(=O)NC(C)C)N(Cc1ccc(OC)cc1)C(=O)COc1ccc2ccccc2c1Br. The first-order valence-corrected chi connectivity index (χ1v) is 12.2. The van der Waals surface area contributed by atoms with Gasteiger partial charge in [-0.1, -0.05) is 49.4 Å². The van der Waals surface area contributed by atoms with Crippen molar-refractivity contribution in [3.63, 3.8) is 0 Å². The predicted molar refractivity (Wildman–Crippen MR) is 138 cm³/mol. The van der Waals surface area contributed by atoms with E-state index in [9.17, 15) is 9.59 Å². The van der Waals surface area contributed by atoms with Gasteiger partial charge in [0.15, 0.2) is 6.61 Å². The fourth-order valence-electron chi connectivity index (χ4n) is 3.78. The largest absolute Gasteiger partial charge is 0.497 e. The molecule has 0 saturated heterocycles. The Morgan fingerprint density at radius 2 is 1.74 bits per heavy atom. The Morgan fingerprint density at radius 1 is 1.03 bits per heavy atom. The van der Waals surface area contributed by atoms with E-state index in [2.05, 4.69) is 21.2 Å². The summed E-state index contributed by atoms with van der Waals surface area (Å²) in [7, 11) is 1.61. The lowest BCUT2D eigenvalue weighted by atomic mass is 10.1. The van der Waals surface area contributed by atoms with Crippen molar-refractivity contribution in [1.82, 2.24) is 10.2 Å². The number of ether oxygens (including phenoxy) is 2. The number of methoxy groups -OCH3 is 1. The van der Waals surface area contributed by atoms with E-state index in [1.807, 2.05) is 81.4 Å². The molecule has 34 heavy (non-hydrogen) atoms. The minimum atomic E-state index is -0.611. The molecule has 7 heteroatoms. The number of amides is 2. The number of halogens is 1. The van der Waals surface area contributed by atoms with E-state index in [0.717, 1.165) is 26.6 Å². The number of hydrogen-bond acceptors (Lipinski definition) is 4. The summed E-state index contributed by atoms with van der Waals surface area (Å²) < 4.78 is 12.0. The Morgan fingerprint density at radius 3 is 2.38 bits per heavy atom. The topological polar surface area (TPSA) is 67.9 Å². The van der Waals surface area contributed by atoms with Crippen LogP contribution in [0.2, 0.25) is 0 Å². The van der Waals surface area contributed by atoms with Crippen LogP contribution in [0.3, 0.4) is 0 Å². The van der Waals surface area contributed by atoms with Crippen LogP contribution < -0.4 is 14.8 Å². The van der Waals surface area contributed by atoms with Crippen molar-refractivity contribution in [2.24, 2.45) is 0 Å². The second-order valence-electron chi connectivity index (χ2n) is 8.34. The summed E-state index contributed by atoms with van der Waals surface area (Å²) >= 11 is 3.60. The Balaban J connectivity index is 1.82. The zero-order valence-corrected chi connectivity index (χ0v) is 21.6. The molecule has 3 aromatic rings. The van der Waals surface area contributed by atoms with Gasteiger partial charge in [-0.05, 0) is 70.7 Å². The highest BCUT2D eigenvalue weighted by Crippen LogP contribution is 2.33. The maximum absolute atomic E-state index is 13.4. The Kier molecular flexibility index (Phi) is 8.93. The number of carbonyl (C=O) groups excluding carboxylic acids is 2. The number of hydrogen-bond donors (Lipinski definition) is 1. The number of benzene rings is 3. The highest BCUT2D eigenvalue weighted by atomic mass is 79.9. The van der Waals surface area contributed by atoms with E-state index in [-0.39, 0.29) is 31.0 Å². The summed E-state index contributed by atoms with van der Waals surface area (Å²) in [5.41, 5.74) is 0.900. The number of rotatable bonds is 10. The molecule has 1 N–H and O–H groups in total. The smallest absolute Gasteiger partial charge is 0.261 e. The van der Waals surface area contributed by atoms with E-state index in [0.29, 0.717) is 12.2 Å². The number of carbonyl (C=O) groups is 2. The van der Waals surface area contributed by atoms with Crippen molar-refractivity contribution in [1.29, 1.82) is 0 Å². The zero-order chi connectivity index (χ0) is 24.7. The zero-order valence-electron chi connectivity index (χ0n) is 20.0. The second-order valence-corrected chi connectivity index (χ2v) is 9.14. The molecule has 1 atom stereocenters. The van der Waals surface area contributed by atoms with E-state index < -0.39 is 6.04 Å². The first kappa shape index (κ1) is 25.6. The molecule has 0 bridgehead atoms. The van der Waals surface area contributed by atoms with Gasteiger partial charge in [0, 0.05) is 12.6 Å². The standard InChI is InChI=1S/C27H31BrN2O4/c1-5-23(27(32)29-18(2)3)30(16-19-10-13-21(33-4)14-11-19)25(31)17-34-24-15-12-20-8-6-7-9-22(20)26(24)28/h6-15,18,23H,5,16-17H2,1-4H3,(H,29,32)/t23-/m1/s1. The predicted octanol–water partition coefficient (Wildman–Crippen LogP) is 5.32. The average Bonchev–Trinajstić information content (AvgIpc) is 2.83. The molecule has 3 aromatic carbocycles. The molecule has 0 aliphatic carbocycles. The Bertz CT molecular complexity index is 1130. The van der Waals surface area contributed by atoms with E-state index >= 15 is 0 Å². The molecule has 0 aliphatic rings. The van der Waals surface area contributed by atoms with Crippen LogP contribution in [0.5, 0.6) is 11.5 Å². The van der Waals surface area contributed by atoms with Crippen LogP contribution in [0.4, 0.5) is 0 Å². The van der Waals surface area contributed by atoms with Crippen LogP contribution in [0.15, 0.2) is 65.1 Å². The van der Waals surface area contributed by atoms with Crippen molar-refractivity contribution in [2.75, 3.05) is 13.7 Å². The van der Waals surface area contributed by atoms with Gasteiger partial charge in [0.05, 0.1) is 11.6 Å². The molecule has 6 nitrogen and oxygen atoms in total. The van der Waals surface area contributed by atoms with Crippen molar-refractivity contribution in [2.45, 2.75) is 45.8 Å². The third-order valence-corrected chi connectivity index (χ3v) is 6.33. The lowest BCUT2D eigenvalue weighted by Gasteiger charge is -2.31. The number of nitrogens with one attached hydrogen (secondary N) is 1.